The maximum atomic E-state index is 13.6. The average Bonchev–Trinajstić information content (AvgIpc) is 2.85. The lowest BCUT2D eigenvalue weighted by molar-refractivity contribution is -0.137. The molecule has 2 aliphatic rings. The first-order chi connectivity index (χ1) is 16.8. The summed E-state index contributed by atoms with van der Waals surface area (Å²) in [6, 6.07) is 8.64. The summed E-state index contributed by atoms with van der Waals surface area (Å²) < 4.78 is 37.7. The number of carbonyl (C=O) groups excluding carboxylic acids is 1. The second-order valence-corrected chi connectivity index (χ2v) is 7.87. The minimum absolute atomic E-state index is 0.250. The predicted octanol–water partition coefficient (Wildman–Crippen LogP) is 2.09. The third-order valence-electron chi connectivity index (χ3n) is 5.64. The summed E-state index contributed by atoms with van der Waals surface area (Å²) >= 11 is 0. The lowest BCUT2D eigenvalue weighted by atomic mass is 9.82. The molecule has 1 unspecified atom stereocenters. The van der Waals surface area contributed by atoms with Gasteiger partial charge in [0.1, 0.15) is 22.9 Å². The highest BCUT2D eigenvalue weighted by atomic mass is 19.1. The molecule has 0 amide bonds. The monoisotopic (exact) mass is 488 g/mol. The van der Waals surface area contributed by atoms with Gasteiger partial charge in [0, 0.05) is 25.3 Å². The third kappa shape index (κ3) is 6.06. The van der Waals surface area contributed by atoms with Crippen LogP contribution in [0.15, 0.2) is 58.9 Å². The number of carboxylic acid groups (broad SMARTS) is 1. The Morgan fingerprint density at radius 2 is 1.83 bits per heavy atom. The van der Waals surface area contributed by atoms with Gasteiger partial charge in [-0.1, -0.05) is 12.1 Å². The number of benzene rings is 1. The largest absolute Gasteiger partial charge is 0.483 e. The Kier molecular flexibility index (Phi) is 8.61. The number of hydrogen-bond acceptors (Lipinski definition) is 8. The number of pyridine rings is 1. The zero-order valence-electron chi connectivity index (χ0n) is 19.3. The smallest absolute Gasteiger partial charge is 0.338 e. The number of ether oxygens (including phenoxy) is 2. The summed E-state index contributed by atoms with van der Waals surface area (Å²) in [6.45, 7) is 4.54. The molecule has 0 spiro atoms. The number of amidine groups is 1. The van der Waals surface area contributed by atoms with Gasteiger partial charge in [0.25, 0.3) is 6.47 Å². The van der Waals surface area contributed by atoms with Gasteiger partial charge in [0.15, 0.2) is 5.84 Å². The molecule has 0 radical (unpaired) electrons. The number of morpholine rings is 1. The molecule has 0 saturated carbocycles. The van der Waals surface area contributed by atoms with E-state index in [9.17, 15) is 13.6 Å². The van der Waals surface area contributed by atoms with Crippen LogP contribution in [-0.4, -0.2) is 73.2 Å². The molecule has 0 bridgehead atoms. The number of nitrogens with zero attached hydrogens (tertiary/aromatic N) is 3. The predicted molar refractivity (Wildman–Crippen MR) is 123 cm³/mol. The van der Waals surface area contributed by atoms with Crippen molar-refractivity contribution in [2.45, 2.75) is 12.5 Å². The molecule has 3 heterocycles. The Morgan fingerprint density at radius 3 is 2.40 bits per heavy atom. The molecule has 2 N–H and O–H groups in total. The van der Waals surface area contributed by atoms with Crippen molar-refractivity contribution in [2.75, 3.05) is 40.0 Å². The molecule has 1 aromatic carbocycles. The molecule has 35 heavy (non-hydrogen) atoms. The summed E-state index contributed by atoms with van der Waals surface area (Å²) in [5.41, 5.74) is 0.771. The van der Waals surface area contributed by atoms with E-state index in [1.54, 1.807) is 19.1 Å². The lowest BCUT2D eigenvalue weighted by Crippen LogP contribution is -2.47. The first-order valence-electron chi connectivity index (χ1n) is 10.8. The molecule has 0 aliphatic carbocycles. The summed E-state index contributed by atoms with van der Waals surface area (Å²) in [5.74, 6) is -1.02. The maximum Gasteiger partial charge on any atom is 0.338 e. The first-order valence-corrected chi connectivity index (χ1v) is 10.8. The number of hydrogen-bond donors (Lipinski definition) is 2. The first kappa shape index (κ1) is 25.9. The van der Waals surface area contributed by atoms with Gasteiger partial charge in [-0.05, 0) is 36.8 Å². The van der Waals surface area contributed by atoms with Crippen molar-refractivity contribution in [1.29, 1.82) is 0 Å². The molecule has 11 heteroatoms. The Bertz CT molecular complexity index is 1100. The van der Waals surface area contributed by atoms with E-state index in [-0.39, 0.29) is 6.47 Å². The normalized spacial score (nSPS) is 20.2. The van der Waals surface area contributed by atoms with Crippen LogP contribution in [0.3, 0.4) is 0 Å². The molecule has 1 atom stereocenters. The maximum absolute atomic E-state index is 13.6. The van der Waals surface area contributed by atoms with Gasteiger partial charge in [0.2, 0.25) is 0 Å². The molecule has 186 valence electrons. The highest BCUT2D eigenvalue weighted by molar-refractivity contribution is 6.03. The SMILES string of the molecule is COC(=O)C1=C(CN2CCOCC2)NC(c2ccc(F)cn2)=NC1(C)c1ccc(F)cc1.O=CO. The number of nitrogens with one attached hydrogen (secondary N) is 1. The molecule has 2 aliphatic heterocycles. The fourth-order valence-corrected chi connectivity index (χ4v) is 3.95. The quantitative estimate of drug-likeness (QED) is 0.486. The zero-order valence-corrected chi connectivity index (χ0v) is 19.3. The van der Waals surface area contributed by atoms with E-state index < -0.39 is 23.1 Å². The van der Waals surface area contributed by atoms with Crippen molar-refractivity contribution < 1.29 is 33.0 Å². The Morgan fingerprint density at radius 1 is 1.20 bits per heavy atom. The van der Waals surface area contributed by atoms with Gasteiger partial charge in [-0.2, -0.15) is 0 Å². The van der Waals surface area contributed by atoms with E-state index in [2.05, 4.69) is 15.2 Å². The molecule has 2 aromatic rings. The van der Waals surface area contributed by atoms with Crippen molar-refractivity contribution in [3.05, 3.63) is 76.8 Å². The van der Waals surface area contributed by atoms with Crippen molar-refractivity contribution >= 4 is 18.3 Å². The lowest BCUT2D eigenvalue weighted by Gasteiger charge is -2.37. The molecule has 1 fully saturated rings. The van der Waals surface area contributed by atoms with E-state index in [4.69, 9.17) is 24.4 Å². The molecular weight excluding hydrogens is 462 g/mol. The molecule has 4 rings (SSSR count). The number of aromatic nitrogens is 1. The fraction of sp³-hybridized carbons (Fsp3) is 0.333. The Hall–Kier alpha value is -3.70. The van der Waals surface area contributed by atoms with Gasteiger partial charge in [-0.15, -0.1) is 0 Å². The zero-order chi connectivity index (χ0) is 25.4. The van der Waals surface area contributed by atoms with E-state index in [0.29, 0.717) is 61.2 Å². The average molecular weight is 488 g/mol. The van der Waals surface area contributed by atoms with Crippen LogP contribution in [0.4, 0.5) is 8.78 Å². The van der Waals surface area contributed by atoms with Crippen molar-refractivity contribution in [2.24, 2.45) is 4.99 Å². The highest BCUT2D eigenvalue weighted by Crippen LogP contribution is 2.39. The fourth-order valence-electron chi connectivity index (χ4n) is 3.95. The topological polar surface area (TPSA) is 113 Å². The number of halogens is 2. The van der Waals surface area contributed by atoms with E-state index in [1.165, 1.54) is 31.4 Å². The summed E-state index contributed by atoms with van der Waals surface area (Å²) in [6.07, 6.45) is 1.11. The van der Waals surface area contributed by atoms with Gasteiger partial charge < -0.3 is 19.9 Å². The highest BCUT2D eigenvalue weighted by Gasteiger charge is 2.42. The number of carbonyl (C=O) groups is 2. The standard InChI is InChI=1S/C23H24F2N4O3.CH2O2/c1-23(15-3-5-16(24)6-4-15)20(22(30)31-2)19(14-29-9-11-32-12-10-29)27-21(28-23)18-8-7-17(25)13-26-18;2-1-3/h3-8,13H,9-12,14H2,1-2H3,(H,27,28);1H,(H,2,3). The van der Waals surface area contributed by atoms with Crippen LogP contribution in [0.2, 0.25) is 0 Å². The van der Waals surface area contributed by atoms with E-state index >= 15 is 0 Å². The van der Waals surface area contributed by atoms with Gasteiger partial charge >= 0.3 is 5.97 Å². The van der Waals surface area contributed by atoms with Crippen molar-refractivity contribution in [1.82, 2.24) is 15.2 Å². The van der Waals surface area contributed by atoms with Crippen LogP contribution in [0.1, 0.15) is 18.2 Å². The minimum atomic E-state index is -1.18. The molecule has 1 saturated heterocycles. The molecule has 1 aromatic heterocycles. The summed E-state index contributed by atoms with van der Waals surface area (Å²) in [5, 5.41) is 10.1. The third-order valence-corrected chi connectivity index (χ3v) is 5.64. The van der Waals surface area contributed by atoms with Crippen LogP contribution in [0, 0.1) is 11.6 Å². The number of methoxy groups -OCH3 is 1. The van der Waals surface area contributed by atoms with Gasteiger partial charge in [-0.3, -0.25) is 9.69 Å². The Balaban J connectivity index is 0.00000108. The van der Waals surface area contributed by atoms with E-state index in [1.807, 2.05) is 0 Å². The van der Waals surface area contributed by atoms with Gasteiger partial charge in [-0.25, -0.2) is 23.6 Å². The Labute approximate surface area is 201 Å². The van der Waals surface area contributed by atoms with Crippen LogP contribution in [-0.2, 0) is 24.6 Å². The van der Waals surface area contributed by atoms with Crippen LogP contribution in [0.25, 0.3) is 0 Å². The van der Waals surface area contributed by atoms with Crippen LogP contribution < -0.4 is 5.32 Å². The van der Waals surface area contributed by atoms with Crippen LogP contribution >= 0.6 is 0 Å². The summed E-state index contributed by atoms with van der Waals surface area (Å²) in [4.78, 5) is 32.5. The number of rotatable bonds is 5. The van der Waals surface area contributed by atoms with Crippen molar-refractivity contribution in [3.63, 3.8) is 0 Å². The van der Waals surface area contributed by atoms with Gasteiger partial charge in [0.05, 0.1) is 32.1 Å². The second-order valence-electron chi connectivity index (χ2n) is 7.87. The molecular formula is C24H26F2N4O5. The van der Waals surface area contributed by atoms with Crippen molar-refractivity contribution in [3.8, 4) is 0 Å². The number of aliphatic imine (C=N–C) groups is 1. The van der Waals surface area contributed by atoms with E-state index in [0.717, 1.165) is 6.20 Å². The summed E-state index contributed by atoms with van der Waals surface area (Å²) in [7, 11) is 1.31. The second kappa shape index (κ2) is 11.6. The van der Waals surface area contributed by atoms with Crippen LogP contribution in [0.5, 0.6) is 0 Å². The molecule has 9 nitrogen and oxygen atoms in total. The number of esters is 1. The minimum Gasteiger partial charge on any atom is -0.483 e.